The molecule has 0 saturated heterocycles. The largest absolute Gasteiger partial charge is 0.495 e. The van der Waals surface area contributed by atoms with Crippen molar-refractivity contribution in [2.75, 3.05) is 17.1 Å². The first-order chi connectivity index (χ1) is 13.3. The highest BCUT2D eigenvalue weighted by atomic mass is 32.2. The topological polar surface area (TPSA) is 93.2 Å². The molecule has 1 aromatic heterocycles. The number of hydrogen-bond acceptors (Lipinski definition) is 6. The number of benzene rings is 2. The molecule has 1 heterocycles. The Kier molecular flexibility index (Phi) is 5.51. The van der Waals surface area contributed by atoms with Crippen molar-refractivity contribution in [1.29, 1.82) is 0 Å². The Morgan fingerprint density at radius 1 is 0.929 bits per heavy atom. The average molecular weight is 398 g/mol. The smallest absolute Gasteiger partial charge is 0.265 e. The summed E-state index contributed by atoms with van der Waals surface area (Å²) < 4.78 is 33.7. The zero-order chi connectivity index (χ0) is 20.3. The molecule has 0 atom stereocenters. The molecule has 7 nitrogen and oxygen atoms in total. The van der Waals surface area contributed by atoms with Crippen LogP contribution in [-0.4, -0.2) is 25.5 Å². The molecule has 0 unspecified atom stereocenters. The summed E-state index contributed by atoms with van der Waals surface area (Å²) in [5.41, 5.74) is 3.79. The molecule has 2 aromatic carbocycles. The van der Waals surface area contributed by atoms with Gasteiger partial charge in [-0.15, -0.1) is 0 Å². The fourth-order valence-corrected chi connectivity index (χ4v) is 3.96. The van der Waals surface area contributed by atoms with Crippen LogP contribution in [0.3, 0.4) is 0 Å². The van der Waals surface area contributed by atoms with Crippen molar-refractivity contribution in [3.05, 3.63) is 65.6 Å². The number of sulfonamides is 1. The van der Waals surface area contributed by atoms with Gasteiger partial charge >= 0.3 is 0 Å². The third-order valence-corrected chi connectivity index (χ3v) is 5.66. The monoisotopic (exact) mass is 398 g/mol. The Morgan fingerprint density at radius 3 is 2.36 bits per heavy atom. The first kappa shape index (κ1) is 19.6. The zero-order valence-electron chi connectivity index (χ0n) is 16.1. The molecule has 0 aliphatic carbocycles. The highest BCUT2D eigenvalue weighted by Gasteiger charge is 2.21. The number of hydrogen-bond donors (Lipinski definition) is 2. The fraction of sp³-hybridized carbons (Fsp3) is 0.200. The van der Waals surface area contributed by atoms with Gasteiger partial charge in [-0.2, -0.15) is 0 Å². The lowest BCUT2D eigenvalue weighted by molar-refractivity contribution is 0.402. The first-order valence-electron chi connectivity index (χ1n) is 8.62. The third-order valence-electron chi connectivity index (χ3n) is 4.26. The van der Waals surface area contributed by atoms with E-state index in [2.05, 4.69) is 20.0 Å². The van der Waals surface area contributed by atoms with Crippen LogP contribution in [-0.2, 0) is 10.0 Å². The van der Waals surface area contributed by atoms with Crippen LogP contribution < -0.4 is 14.8 Å². The fourth-order valence-electron chi connectivity index (χ4n) is 2.67. The number of anilines is 3. The molecule has 0 aliphatic heterocycles. The molecule has 2 N–H and O–H groups in total. The molecule has 0 spiro atoms. The molecule has 0 radical (unpaired) electrons. The molecule has 0 saturated carbocycles. The van der Waals surface area contributed by atoms with Crippen molar-refractivity contribution in [2.24, 2.45) is 0 Å². The maximum atomic E-state index is 12.9. The minimum absolute atomic E-state index is 0.0999. The first-order valence-corrected chi connectivity index (χ1v) is 10.1. The zero-order valence-corrected chi connectivity index (χ0v) is 17.0. The van der Waals surface area contributed by atoms with Crippen molar-refractivity contribution in [3.63, 3.8) is 0 Å². The third kappa shape index (κ3) is 4.40. The Bertz CT molecular complexity index is 1110. The van der Waals surface area contributed by atoms with Gasteiger partial charge in [-0.25, -0.2) is 18.4 Å². The second-order valence-electron chi connectivity index (χ2n) is 6.44. The van der Waals surface area contributed by atoms with E-state index in [-0.39, 0.29) is 4.90 Å². The van der Waals surface area contributed by atoms with Gasteiger partial charge in [-0.3, -0.25) is 4.72 Å². The molecular formula is C20H22N4O3S. The predicted octanol–water partition coefficient (Wildman–Crippen LogP) is 3.95. The van der Waals surface area contributed by atoms with Gasteiger partial charge in [0.2, 0.25) is 0 Å². The van der Waals surface area contributed by atoms with E-state index in [1.54, 1.807) is 36.4 Å². The number of aryl methyl sites for hydroxylation is 3. The van der Waals surface area contributed by atoms with Crippen LogP contribution in [0.1, 0.15) is 16.8 Å². The molecule has 3 aromatic rings. The van der Waals surface area contributed by atoms with Gasteiger partial charge in [0.1, 0.15) is 22.8 Å². The molecule has 3 rings (SSSR count). The van der Waals surface area contributed by atoms with Gasteiger partial charge in [-0.05, 0) is 62.2 Å². The lowest BCUT2D eigenvalue weighted by Crippen LogP contribution is -2.14. The van der Waals surface area contributed by atoms with E-state index >= 15 is 0 Å². The maximum absolute atomic E-state index is 12.9. The van der Waals surface area contributed by atoms with Gasteiger partial charge in [0.05, 0.1) is 12.8 Å². The Balaban J connectivity index is 1.88. The summed E-state index contributed by atoms with van der Waals surface area (Å²) in [6.07, 6.45) is 1.47. The van der Waals surface area contributed by atoms with Gasteiger partial charge in [0.25, 0.3) is 10.0 Å². The minimum atomic E-state index is -3.82. The average Bonchev–Trinajstić information content (AvgIpc) is 2.63. The van der Waals surface area contributed by atoms with E-state index in [0.717, 1.165) is 16.8 Å². The van der Waals surface area contributed by atoms with E-state index in [9.17, 15) is 8.42 Å². The molecule has 0 aliphatic rings. The van der Waals surface area contributed by atoms with E-state index in [4.69, 9.17) is 4.74 Å². The quantitative estimate of drug-likeness (QED) is 0.653. The molecule has 28 heavy (non-hydrogen) atoms. The molecule has 0 bridgehead atoms. The molecular weight excluding hydrogens is 376 g/mol. The molecule has 146 valence electrons. The number of methoxy groups -OCH3 is 1. The van der Waals surface area contributed by atoms with Crippen LogP contribution in [0.25, 0.3) is 0 Å². The van der Waals surface area contributed by atoms with Crippen molar-refractivity contribution < 1.29 is 13.2 Å². The van der Waals surface area contributed by atoms with Crippen molar-refractivity contribution in [2.45, 2.75) is 25.7 Å². The van der Waals surface area contributed by atoms with Crippen molar-refractivity contribution >= 4 is 27.2 Å². The molecule has 8 heteroatoms. The van der Waals surface area contributed by atoms with Gasteiger partial charge < -0.3 is 10.1 Å². The summed E-state index contributed by atoms with van der Waals surface area (Å²) >= 11 is 0. The van der Waals surface area contributed by atoms with E-state index in [0.29, 0.717) is 22.9 Å². The lowest BCUT2D eigenvalue weighted by Gasteiger charge is -2.14. The number of nitrogens with one attached hydrogen (secondary N) is 2. The van der Waals surface area contributed by atoms with Crippen LogP contribution in [0, 0.1) is 20.8 Å². The van der Waals surface area contributed by atoms with Crippen molar-refractivity contribution in [1.82, 2.24) is 9.97 Å². The second kappa shape index (κ2) is 7.85. The van der Waals surface area contributed by atoms with E-state index < -0.39 is 10.0 Å². The summed E-state index contributed by atoms with van der Waals surface area (Å²) in [5.74, 6) is 0.935. The molecule has 0 fully saturated rings. The number of aromatic nitrogens is 2. The number of ether oxygens (including phenoxy) is 1. The van der Waals surface area contributed by atoms with Crippen LogP contribution in [0.15, 0.2) is 53.7 Å². The summed E-state index contributed by atoms with van der Waals surface area (Å²) in [7, 11) is -2.36. The summed E-state index contributed by atoms with van der Waals surface area (Å²) in [6, 6.07) is 12.1. The molecule has 0 amide bonds. The Morgan fingerprint density at radius 2 is 1.64 bits per heavy atom. The second-order valence-corrected chi connectivity index (χ2v) is 8.09. The Hall–Kier alpha value is -3.13. The number of nitrogens with zero attached hydrogens (tertiary/aromatic N) is 2. The van der Waals surface area contributed by atoms with Crippen LogP contribution in [0.5, 0.6) is 5.75 Å². The normalized spacial score (nSPS) is 11.1. The van der Waals surface area contributed by atoms with E-state index in [1.807, 2.05) is 26.8 Å². The predicted molar refractivity (Wildman–Crippen MR) is 110 cm³/mol. The minimum Gasteiger partial charge on any atom is -0.495 e. The highest BCUT2D eigenvalue weighted by Crippen LogP contribution is 2.29. The highest BCUT2D eigenvalue weighted by molar-refractivity contribution is 7.92. The van der Waals surface area contributed by atoms with Gasteiger partial charge in [0, 0.05) is 17.4 Å². The van der Waals surface area contributed by atoms with Gasteiger partial charge in [-0.1, -0.05) is 6.07 Å². The summed E-state index contributed by atoms with van der Waals surface area (Å²) in [4.78, 5) is 8.31. The lowest BCUT2D eigenvalue weighted by atomic mass is 10.1. The van der Waals surface area contributed by atoms with Crippen LogP contribution >= 0.6 is 0 Å². The standard InChI is InChI=1S/C20H22N4O3S/c1-13-8-18(27-4)19(9-14(13)2)28(25,26)24-17-7-5-6-16(11-17)23-20-10-15(3)21-12-22-20/h5-12,24H,1-4H3,(H,21,22,23). The SMILES string of the molecule is COc1cc(C)c(C)cc1S(=O)(=O)Nc1cccc(Nc2cc(C)ncn2)c1. The van der Waals surface area contributed by atoms with Gasteiger partial charge in [0.15, 0.2) is 0 Å². The van der Waals surface area contributed by atoms with Crippen molar-refractivity contribution in [3.8, 4) is 5.75 Å². The number of rotatable bonds is 6. The Labute approximate surface area is 164 Å². The maximum Gasteiger partial charge on any atom is 0.265 e. The van der Waals surface area contributed by atoms with Crippen LogP contribution in [0.2, 0.25) is 0 Å². The summed E-state index contributed by atoms with van der Waals surface area (Å²) in [6.45, 7) is 5.64. The van der Waals surface area contributed by atoms with E-state index in [1.165, 1.54) is 13.4 Å². The summed E-state index contributed by atoms with van der Waals surface area (Å²) in [5, 5.41) is 3.14. The van der Waals surface area contributed by atoms with Crippen LogP contribution in [0.4, 0.5) is 17.2 Å².